The number of anilines is 1. The Morgan fingerprint density at radius 2 is 1.57 bits per heavy atom. The van der Waals surface area contributed by atoms with E-state index in [2.05, 4.69) is 11.9 Å². The lowest BCUT2D eigenvalue weighted by Crippen LogP contribution is -2.29. The summed E-state index contributed by atoms with van der Waals surface area (Å²) in [5.74, 6) is -0.942. The number of carbonyl (C=O) groups is 3. The van der Waals surface area contributed by atoms with Crippen molar-refractivity contribution in [1.82, 2.24) is 5.32 Å². The molecule has 114 valence electrons. The summed E-state index contributed by atoms with van der Waals surface area (Å²) in [6.07, 6.45) is 1.59. The summed E-state index contributed by atoms with van der Waals surface area (Å²) in [5, 5.41) is 2.66. The predicted octanol–water partition coefficient (Wildman–Crippen LogP) is 2.40. The molecule has 0 aromatic heterocycles. The fraction of sp³-hybridized carbons (Fsp3) is 0.0556. The summed E-state index contributed by atoms with van der Waals surface area (Å²) in [7, 11) is 0. The molecule has 2 aromatic rings. The van der Waals surface area contributed by atoms with E-state index in [0.717, 1.165) is 4.90 Å². The van der Waals surface area contributed by atoms with Gasteiger partial charge in [0.05, 0.1) is 16.8 Å². The summed E-state index contributed by atoms with van der Waals surface area (Å²) < 4.78 is 0. The fourth-order valence-electron chi connectivity index (χ4n) is 2.45. The van der Waals surface area contributed by atoms with Crippen LogP contribution in [0, 0.1) is 0 Å². The number of rotatable bonds is 4. The molecule has 0 aliphatic carbocycles. The molecule has 0 radical (unpaired) electrons. The second-order valence-corrected chi connectivity index (χ2v) is 5.04. The second-order valence-electron chi connectivity index (χ2n) is 5.04. The highest BCUT2D eigenvalue weighted by atomic mass is 16.2. The maximum Gasteiger partial charge on any atom is 0.266 e. The number of benzene rings is 2. The summed E-state index contributed by atoms with van der Waals surface area (Å²) in [6, 6.07) is 13.0. The first-order valence-corrected chi connectivity index (χ1v) is 7.10. The van der Waals surface area contributed by atoms with Crippen LogP contribution in [0.4, 0.5) is 5.69 Å². The Labute approximate surface area is 133 Å². The largest absolute Gasteiger partial charge is 0.349 e. The van der Waals surface area contributed by atoms with Gasteiger partial charge in [0, 0.05) is 12.1 Å². The molecule has 2 aromatic carbocycles. The molecule has 3 rings (SSSR count). The van der Waals surface area contributed by atoms with Gasteiger partial charge in [0.2, 0.25) is 0 Å². The van der Waals surface area contributed by atoms with Gasteiger partial charge >= 0.3 is 0 Å². The van der Waals surface area contributed by atoms with Crippen molar-refractivity contribution in [3.63, 3.8) is 0 Å². The first-order chi connectivity index (χ1) is 11.1. The third-order valence-corrected chi connectivity index (χ3v) is 3.59. The highest BCUT2D eigenvalue weighted by molar-refractivity contribution is 6.34. The standard InChI is InChI=1S/C18H14N2O3/c1-2-11-19-16(21)12-7-9-13(10-8-12)20-17(22)14-5-3-4-6-15(14)18(20)23/h2-10H,1,11H2,(H,19,21). The Hall–Kier alpha value is -3.21. The molecule has 23 heavy (non-hydrogen) atoms. The van der Waals surface area contributed by atoms with Gasteiger partial charge in [-0.05, 0) is 36.4 Å². The average Bonchev–Trinajstić information content (AvgIpc) is 2.84. The van der Waals surface area contributed by atoms with Crippen LogP contribution in [0.3, 0.4) is 0 Å². The first-order valence-electron chi connectivity index (χ1n) is 7.10. The maximum atomic E-state index is 12.4. The minimum absolute atomic E-state index is 0.237. The van der Waals surface area contributed by atoms with Gasteiger partial charge < -0.3 is 5.32 Å². The van der Waals surface area contributed by atoms with Crippen LogP contribution in [0.25, 0.3) is 0 Å². The summed E-state index contributed by atoms with van der Waals surface area (Å²) in [5.41, 5.74) is 1.68. The molecule has 1 N–H and O–H groups in total. The molecule has 5 nitrogen and oxygen atoms in total. The van der Waals surface area contributed by atoms with E-state index >= 15 is 0 Å². The molecular formula is C18H14N2O3. The number of carbonyl (C=O) groups excluding carboxylic acids is 3. The predicted molar refractivity (Wildman–Crippen MR) is 86.6 cm³/mol. The van der Waals surface area contributed by atoms with E-state index < -0.39 is 0 Å². The van der Waals surface area contributed by atoms with Crippen molar-refractivity contribution in [2.75, 3.05) is 11.4 Å². The van der Waals surface area contributed by atoms with Crippen LogP contribution < -0.4 is 10.2 Å². The molecule has 0 bridgehead atoms. The molecule has 1 aliphatic rings. The first kappa shape index (κ1) is 14.7. The van der Waals surface area contributed by atoms with Crippen LogP contribution in [0.5, 0.6) is 0 Å². The molecule has 0 saturated heterocycles. The van der Waals surface area contributed by atoms with Crippen LogP contribution in [-0.4, -0.2) is 24.3 Å². The zero-order valence-electron chi connectivity index (χ0n) is 12.3. The maximum absolute atomic E-state index is 12.4. The van der Waals surface area contributed by atoms with Gasteiger partial charge in [-0.1, -0.05) is 18.2 Å². The van der Waals surface area contributed by atoms with Gasteiger partial charge in [-0.15, -0.1) is 6.58 Å². The van der Waals surface area contributed by atoms with E-state index in [1.54, 1.807) is 54.6 Å². The molecule has 5 heteroatoms. The SMILES string of the molecule is C=CCNC(=O)c1ccc(N2C(=O)c3ccccc3C2=O)cc1. The van der Waals surface area contributed by atoms with E-state index in [-0.39, 0.29) is 17.7 Å². The van der Waals surface area contributed by atoms with Crippen LogP contribution in [0.15, 0.2) is 61.2 Å². The topological polar surface area (TPSA) is 66.5 Å². The summed E-state index contributed by atoms with van der Waals surface area (Å²) in [6.45, 7) is 3.91. The monoisotopic (exact) mass is 306 g/mol. The zero-order valence-corrected chi connectivity index (χ0v) is 12.3. The Morgan fingerprint density at radius 1 is 1.00 bits per heavy atom. The molecule has 0 spiro atoms. The number of nitrogens with zero attached hydrogens (tertiary/aromatic N) is 1. The quantitative estimate of drug-likeness (QED) is 0.697. The van der Waals surface area contributed by atoms with Crippen molar-refractivity contribution >= 4 is 23.4 Å². The lowest BCUT2D eigenvalue weighted by atomic mass is 10.1. The van der Waals surface area contributed by atoms with E-state index in [4.69, 9.17) is 0 Å². The fourth-order valence-corrected chi connectivity index (χ4v) is 2.45. The average molecular weight is 306 g/mol. The van der Waals surface area contributed by atoms with Crippen molar-refractivity contribution < 1.29 is 14.4 Å². The van der Waals surface area contributed by atoms with Gasteiger partial charge in [-0.3, -0.25) is 14.4 Å². The number of hydrogen-bond acceptors (Lipinski definition) is 3. The Kier molecular flexibility index (Phi) is 3.76. The molecule has 3 amide bonds. The van der Waals surface area contributed by atoms with Crippen molar-refractivity contribution in [2.24, 2.45) is 0 Å². The van der Waals surface area contributed by atoms with Gasteiger partial charge in [0.15, 0.2) is 0 Å². The lowest BCUT2D eigenvalue weighted by molar-refractivity contribution is 0.0923. The van der Waals surface area contributed by atoms with E-state index in [1.807, 2.05) is 0 Å². The van der Waals surface area contributed by atoms with E-state index in [9.17, 15) is 14.4 Å². The van der Waals surface area contributed by atoms with Gasteiger partial charge in [-0.2, -0.15) is 0 Å². The van der Waals surface area contributed by atoms with Gasteiger partial charge in [0.1, 0.15) is 0 Å². The van der Waals surface area contributed by atoms with Crippen LogP contribution >= 0.6 is 0 Å². The highest BCUT2D eigenvalue weighted by Crippen LogP contribution is 2.28. The lowest BCUT2D eigenvalue weighted by Gasteiger charge is -2.14. The Morgan fingerprint density at radius 3 is 2.09 bits per heavy atom. The summed E-state index contributed by atoms with van der Waals surface area (Å²) in [4.78, 5) is 37.7. The van der Waals surface area contributed by atoms with Gasteiger partial charge in [-0.25, -0.2) is 4.90 Å². The molecule has 0 saturated carbocycles. The molecule has 0 atom stereocenters. The number of imide groups is 1. The molecule has 1 heterocycles. The highest BCUT2D eigenvalue weighted by Gasteiger charge is 2.36. The van der Waals surface area contributed by atoms with Crippen molar-refractivity contribution in [1.29, 1.82) is 0 Å². The Bertz CT molecular complexity index is 774. The van der Waals surface area contributed by atoms with E-state index in [0.29, 0.717) is 28.9 Å². The minimum atomic E-state index is -0.352. The number of amides is 3. The zero-order chi connectivity index (χ0) is 16.4. The van der Waals surface area contributed by atoms with Crippen molar-refractivity contribution in [2.45, 2.75) is 0 Å². The van der Waals surface area contributed by atoms with Crippen LogP contribution in [-0.2, 0) is 0 Å². The minimum Gasteiger partial charge on any atom is -0.349 e. The Balaban J connectivity index is 1.86. The van der Waals surface area contributed by atoms with Crippen molar-refractivity contribution in [3.05, 3.63) is 77.9 Å². The van der Waals surface area contributed by atoms with Gasteiger partial charge in [0.25, 0.3) is 17.7 Å². The van der Waals surface area contributed by atoms with Crippen LogP contribution in [0.1, 0.15) is 31.1 Å². The number of hydrogen-bond donors (Lipinski definition) is 1. The second kappa shape index (κ2) is 5.88. The molecular weight excluding hydrogens is 292 g/mol. The molecule has 0 unspecified atom stereocenters. The third-order valence-electron chi connectivity index (χ3n) is 3.59. The third kappa shape index (κ3) is 2.53. The van der Waals surface area contributed by atoms with Crippen molar-refractivity contribution in [3.8, 4) is 0 Å². The normalized spacial score (nSPS) is 13.0. The van der Waals surface area contributed by atoms with Crippen LogP contribution in [0.2, 0.25) is 0 Å². The molecule has 1 aliphatic heterocycles. The molecule has 0 fully saturated rings. The summed E-state index contributed by atoms with van der Waals surface area (Å²) >= 11 is 0. The number of fused-ring (bicyclic) bond motifs is 1. The van der Waals surface area contributed by atoms with E-state index in [1.165, 1.54) is 0 Å². The number of nitrogens with one attached hydrogen (secondary N) is 1. The smallest absolute Gasteiger partial charge is 0.266 e.